The molecule has 0 aromatic carbocycles. The van der Waals surface area contributed by atoms with E-state index in [-0.39, 0.29) is 6.61 Å². The van der Waals surface area contributed by atoms with Gasteiger partial charge in [-0.25, -0.2) is 4.98 Å². The predicted molar refractivity (Wildman–Crippen MR) is 64.9 cm³/mol. The molecule has 0 bridgehead atoms. The summed E-state index contributed by atoms with van der Waals surface area (Å²) in [4.78, 5) is 26.7. The molecule has 9 heteroatoms. The Hall–Kier alpha value is -1.81. The van der Waals surface area contributed by atoms with Gasteiger partial charge in [0.15, 0.2) is 5.69 Å². The standard InChI is InChI=1S/C11H15N3O6/c12-10(18)7-11(19)14(2-1-13-7)5-4-20-6(3-15)9(17)8(5)16/h1-2,5-6,8-9,15-17H,3-4H2,(H2,12,18)/t5-,6-,8+,9+/m1/s1. The van der Waals surface area contributed by atoms with E-state index in [9.17, 15) is 19.8 Å². The highest BCUT2D eigenvalue weighted by Gasteiger charge is 2.39. The van der Waals surface area contributed by atoms with Gasteiger partial charge in [0.25, 0.3) is 11.5 Å². The summed E-state index contributed by atoms with van der Waals surface area (Å²) in [6.45, 7) is -0.561. The molecule has 20 heavy (non-hydrogen) atoms. The summed E-state index contributed by atoms with van der Waals surface area (Å²) >= 11 is 0. The number of nitrogens with zero attached hydrogens (tertiary/aromatic N) is 2. The minimum atomic E-state index is -1.35. The Morgan fingerprint density at radius 2 is 2.20 bits per heavy atom. The molecule has 1 amide bonds. The molecule has 1 aliphatic rings. The number of aliphatic hydroxyl groups excluding tert-OH is 3. The average Bonchev–Trinajstić information content (AvgIpc) is 2.42. The third kappa shape index (κ3) is 2.43. The van der Waals surface area contributed by atoms with E-state index in [0.717, 1.165) is 4.57 Å². The van der Waals surface area contributed by atoms with Crippen LogP contribution < -0.4 is 11.3 Å². The van der Waals surface area contributed by atoms with Gasteiger partial charge in [-0.2, -0.15) is 0 Å². The SMILES string of the molecule is NC(=O)c1nccn([C@@H]2CO[C@H](CO)[C@H](O)[C@H]2O)c1=O. The molecule has 0 aliphatic carbocycles. The maximum Gasteiger partial charge on any atom is 0.282 e. The quantitative estimate of drug-likeness (QED) is 0.462. The number of carbonyl (C=O) groups is 1. The van der Waals surface area contributed by atoms with Crippen molar-refractivity contribution < 1.29 is 24.9 Å². The molecule has 1 saturated heterocycles. The Kier molecular flexibility index (Phi) is 4.14. The van der Waals surface area contributed by atoms with Gasteiger partial charge in [0.1, 0.15) is 18.3 Å². The van der Waals surface area contributed by atoms with Crippen LogP contribution in [-0.2, 0) is 4.74 Å². The Morgan fingerprint density at radius 1 is 1.50 bits per heavy atom. The van der Waals surface area contributed by atoms with Gasteiger partial charge in [-0.3, -0.25) is 9.59 Å². The van der Waals surface area contributed by atoms with E-state index >= 15 is 0 Å². The molecule has 2 rings (SSSR count). The molecule has 1 aromatic heterocycles. The monoisotopic (exact) mass is 285 g/mol. The second-order valence-electron chi connectivity index (χ2n) is 4.46. The Labute approximate surface area is 113 Å². The van der Waals surface area contributed by atoms with Crippen molar-refractivity contribution in [2.75, 3.05) is 13.2 Å². The van der Waals surface area contributed by atoms with E-state index in [2.05, 4.69) is 4.98 Å². The number of rotatable bonds is 3. The third-order valence-corrected chi connectivity index (χ3v) is 3.24. The second-order valence-corrected chi connectivity index (χ2v) is 4.46. The first-order chi connectivity index (χ1) is 9.47. The van der Waals surface area contributed by atoms with Gasteiger partial charge in [0, 0.05) is 12.4 Å². The number of hydrogen-bond donors (Lipinski definition) is 4. The lowest BCUT2D eigenvalue weighted by Gasteiger charge is -2.37. The fraction of sp³-hybridized carbons (Fsp3) is 0.545. The van der Waals surface area contributed by atoms with Crippen LogP contribution in [0.5, 0.6) is 0 Å². The molecule has 0 spiro atoms. The van der Waals surface area contributed by atoms with Crippen LogP contribution in [0.2, 0.25) is 0 Å². The topological polar surface area (TPSA) is 148 Å². The van der Waals surface area contributed by atoms with Gasteiger partial charge in [-0.15, -0.1) is 0 Å². The highest BCUT2D eigenvalue weighted by atomic mass is 16.5. The Morgan fingerprint density at radius 3 is 2.80 bits per heavy atom. The molecule has 110 valence electrons. The summed E-state index contributed by atoms with van der Waals surface area (Å²) in [5, 5.41) is 28.8. The van der Waals surface area contributed by atoms with Crippen LogP contribution in [0.1, 0.15) is 16.5 Å². The summed E-state index contributed by atoms with van der Waals surface area (Å²) in [6.07, 6.45) is -1.15. The van der Waals surface area contributed by atoms with Crippen LogP contribution in [0.15, 0.2) is 17.2 Å². The van der Waals surface area contributed by atoms with Crippen molar-refractivity contribution in [3.05, 3.63) is 28.4 Å². The predicted octanol–water partition coefficient (Wildman–Crippen LogP) is -3.00. The first-order valence-electron chi connectivity index (χ1n) is 5.93. The number of aromatic nitrogens is 2. The number of primary amides is 1. The third-order valence-electron chi connectivity index (χ3n) is 3.24. The van der Waals surface area contributed by atoms with Crippen LogP contribution in [0, 0.1) is 0 Å². The maximum atomic E-state index is 12.0. The molecule has 1 fully saturated rings. The van der Waals surface area contributed by atoms with Crippen LogP contribution in [0.25, 0.3) is 0 Å². The number of hydrogen-bond acceptors (Lipinski definition) is 7. The number of aliphatic hydroxyl groups is 3. The molecule has 1 aromatic rings. The first kappa shape index (κ1) is 14.6. The van der Waals surface area contributed by atoms with E-state index in [0.29, 0.717) is 0 Å². The van der Waals surface area contributed by atoms with Crippen molar-refractivity contribution in [3.63, 3.8) is 0 Å². The second kappa shape index (κ2) is 5.67. The van der Waals surface area contributed by atoms with Crippen molar-refractivity contribution >= 4 is 5.91 Å². The molecule has 2 heterocycles. The van der Waals surface area contributed by atoms with E-state index in [1.165, 1.54) is 12.4 Å². The largest absolute Gasteiger partial charge is 0.394 e. The van der Waals surface area contributed by atoms with Crippen LogP contribution in [-0.4, -0.2) is 62.3 Å². The van der Waals surface area contributed by atoms with Gasteiger partial charge < -0.3 is 30.4 Å². The fourth-order valence-electron chi connectivity index (χ4n) is 2.13. The van der Waals surface area contributed by atoms with Gasteiger partial charge >= 0.3 is 0 Å². The lowest BCUT2D eigenvalue weighted by molar-refractivity contribution is -0.170. The Balaban J connectivity index is 2.36. The zero-order valence-electron chi connectivity index (χ0n) is 10.4. The van der Waals surface area contributed by atoms with E-state index in [1.54, 1.807) is 0 Å². The highest BCUT2D eigenvalue weighted by molar-refractivity contribution is 5.90. The molecule has 0 radical (unpaired) electrons. The van der Waals surface area contributed by atoms with Crippen molar-refractivity contribution in [2.24, 2.45) is 5.73 Å². The van der Waals surface area contributed by atoms with Crippen molar-refractivity contribution in [2.45, 2.75) is 24.4 Å². The number of ether oxygens (including phenoxy) is 1. The molecule has 5 N–H and O–H groups in total. The molecule has 4 atom stereocenters. The van der Waals surface area contributed by atoms with E-state index in [1.807, 2.05) is 0 Å². The zero-order valence-corrected chi connectivity index (χ0v) is 10.4. The average molecular weight is 285 g/mol. The van der Waals surface area contributed by atoms with Crippen molar-refractivity contribution in [3.8, 4) is 0 Å². The summed E-state index contributed by atoms with van der Waals surface area (Å²) in [7, 11) is 0. The van der Waals surface area contributed by atoms with Gasteiger partial charge in [-0.1, -0.05) is 0 Å². The van der Waals surface area contributed by atoms with Crippen LogP contribution >= 0.6 is 0 Å². The smallest absolute Gasteiger partial charge is 0.282 e. The van der Waals surface area contributed by atoms with Gasteiger partial charge in [0.05, 0.1) is 19.3 Å². The fourth-order valence-corrected chi connectivity index (χ4v) is 2.13. The summed E-state index contributed by atoms with van der Waals surface area (Å²) in [6, 6.07) is -0.901. The minimum Gasteiger partial charge on any atom is -0.394 e. The Bertz CT molecular complexity index is 559. The number of nitrogens with two attached hydrogens (primary N) is 1. The van der Waals surface area contributed by atoms with E-state index in [4.69, 9.17) is 15.6 Å². The molecule has 0 saturated carbocycles. The first-order valence-corrected chi connectivity index (χ1v) is 5.93. The summed E-state index contributed by atoms with van der Waals surface area (Å²) < 4.78 is 6.21. The summed E-state index contributed by atoms with van der Waals surface area (Å²) in [5.41, 5.74) is 3.79. The molecular formula is C11H15N3O6. The molecule has 9 nitrogen and oxygen atoms in total. The molecule has 0 unspecified atom stereocenters. The molecular weight excluding hydrogens is 270 g/mol. The number of carbonyl (C=O) groups excluding carboxylic acids is 1. The van der Waals surface area contributed by atoms with E-state index < -0.39 is 48.1 Å². The summed E-state index contributed by atoms with van der Waals surface area (Å²) in [5.74, 6) is -0.982. The van der Waals surface area contributed by atoms with Crippen LogP contribution in [0.3, 0.4) is 0 Å². The van der Waals surface area contributed by atoms with Crippen molar-refractivity contribution in [1.29, 1.82) is 0 Å². The van der Waals surface area contributed by atoms with Gasteiger partial charge in [0.2, 0.25) is 0 Å². The highest BCUT2D eigenvalue weighted by Crippen LogP contribution is 2.23. The maximum absolute atomic E-state index is 12.0. The van der Waals surface area contributed by atoms with Gasteiger partial charge in [-0.05, 0) is 0 Å². The van der Waals surface area contributed by atoms with Crippen molar-refractivity contribution in [1.82, 2.24) is 9.55 Å². The lowest BCUT2D eigenvalue weighted by Crippen LogP contribution is -2.53. The minimum absolute atomic E-state index is 0.106. The number of amides is 1. The van der Waals surface area contributed by atoms with Crippen LogP contribution in [0.4, 0.5) is 0 Å². The lowest BCUT2D eigenvalue weighted by atomic mass is 9.98. The molecule has 1 aliphatic heterocycles. The zero-order chi connectivity index (χ0) is 14.9. The normalized spacial score (nSPS) is 30.1.